The van der Waals surface area contributed by atoms with Crippen molar-refractivity contribution < 1.29 is 24.1 Å². The van der Waals surface area contributed by atoms with Crippen LogP contribution in [-0.4, -0.2) is 29.8 Å². The van der Waals surface area contributed by atoms with E-state index in [0.29, 0.717) is 36.2 Å². The Hall–Kier alpha value is -4.00. The normalized spacial score (nSPS) is 11.0. The molecule has 3 aromatic rings. The lowest BCUT2D eigenvalue weighted by Crippen LogP contribution is -2.03. The van der Waals surface area contributed by atoms with Crippen molar-refractivity contribution in [3.05, 3.63) is 83.6 Å². The summed E-state index contributed by atoms with van der Waals surface area (Å²) in [5, 5.41) is 8.96. The smallest absolute Gasteiger partial charge is 0.307 e. The fourth-order valence-electron chi connectivity index (χ4n) is 3.99. The molecule has 0 saturated heterocycles. The molecule has 7 heteroatoms. The molecule has 0 aliphatic heterocycles. The van der Waals surface area contributed by atoms with Gasteiger partial charge in [-0.25, -0.2) is 4.98 Å². The monoisotopic (exact) mass is 518 g/mol. The highest BCUT2D eigenvalue weighted by Gasteiger charge is 2.07. The van der Waals surface area contributed by atoms with Gasteiger partial charge in [-0.1, -0.05) is 56.0 Å². The Balaban J connectivity index is 1.40. The number of nitrogens with zero attached hydrogens (tertiary/aromatic N) is 1. The number of nitrogens with two attached hydrogens (primary N) is 1. The Kier molecular flexibility index (Phi) is 12.0. The lowest BCUT2D eigenvalue weighted by Gasteiger charge is -2.11. The van der Waals surface area contributed by atoms with E-state index in [1.54, 1.807) is 25.3 Å². The Bertz CT molecular complexity index is 1160. The third-order valence-electron chi connectivity index (χ3n) is 6.04. The second kappa shape index (κ2) is 16.0. The van der Waals surface area contributed by atoms with Gasteiger partial charge in [0.15, 0.2) is 0 Å². The largest absolute Gasteiger partial charge is 0.497 e. The maximum atomic E-state index is 10.9. The number of nitrogen functional groups attached to an aromatic ring is 1. The molecule has 0 saturated carbocycles. The molecule has 2 aromatic carbocycles. The zero-order valence-electron chi connectivity index (χ0n) is 22.1. The number of rotatable bonds is 17. The van der Waals surface area contributed by atoms with E-state index in [1.807, 2.05) is 42.5 Å². The quantitative estimate of drug-likeness (QED) is 0.151. The van der Waals surface area contributed by atoms with Crippen molar-refractivity contribution in [2.75, 3.05) is 19.5 Å². The number of ether oxygens (including phenoxy) is 3. The number of pyridine rings is 1. The maximum Gasteiger partial charge on any atom is 0.307 e. The lowest BCUT2D eigenvalue weighted by molar-refractivity contribution is -0.135. The van der Waals surface area contributed by atoms with Crippen LogP contribution >= 0.6 is 0 Å². The van der Waals surface area contributed by atoms with Crippen LogP contribution in [0.5, 0.6) is 17.4 Å². The first-order chi connectivity index (χ1) is 18.5. The van der Waals surface area contributed by atoms with Crippen LogP contribution in [0.1, 0.15) is 61.8 Å². The van der Waals surface area contributed by atoms with Gasteiger partial charge in [-0.2, -0.15) is 0 Å². The highest BCUT2D eigenvalue weighted by atomic mass is 16.5. The highest BCUT2D eigenvalue weighted by molar-refractivity contribution is 5.70. The number of carboxylic acids is 1. The molecule has 7 nitrogen and oxygen atoms in total. The summed E-state index contributed by atoms with van der Waals surface area (Å²) in [6, 6.07) is 19.4. The van der Waals surface area contributed by atoms with E-state index >= 15 is 0 Å². The number of hydrogen-bond acceptors (Lipinski definition) is 6. The Morgan fingerprint density at radius 2 is 1.68 bits per heavy atom. The van der Waals surface area contributed by atoms with Crippen molar-refractivity contribution in [3.63, 3.8) is 0 Å². The standard InChI is InChI=1S/C31H38N2O5/c1-36-27-17-15-24(16-18-27)10-6-4-2-3-5-7-21-37-29-19-20-30(33-28(29)13-9-14-31(34)35)38-23-25-11-8-12-26(32)22-25/h8-9,11-13,15-20,22H,2-7,10,14,21,23,32H2,1H3,(H,34,35). The number of carboxylic acid groups (broad SMARTS) is 1. The number of aryl methyl sites for hydroxylation is 1. The van der Waals surface area contributed by atoms with Crippen molar-refractivity contribution in [2.45, 2.75) is 58.0 Å². The summed E-state index contributed by atoms with van der Waals surface area (Å²) in [6.45, 7) is 0.910. The van der Waals surface area contributed by atoms with Gasteiger partial charge in [0, 0.05) is 11.8 Å². The number of aliphatic carboxylic acids is 1. The van der Waals surface area contributed by atoms with Gasteiger partial charge in [-0.05, 0) is 66.8 Å². The second-order valence-corrected chi connectivity index (χ2v) is 9.13. The van der Waals surface area contributed by atoms with Crippen LogP contribution in [-0.2, 0) is 17.8 Å². The van der Waals surface area contributed by atoms with Crippen molar-refractivity contribution >= 4 is 17.7 Å². The fourth-order valence-corrected chi connectivity index (χ4v) is 3.99. The molecule has 0 atom stereocenters. The van der Waals surface area contributed by atoms with Gasteiger partial charge < -0.3 is 25.1 Å². The molecule has 0 spiro atoms. The molecule has 3 N–H and O–H groups in total. The fraction of sp³-hybridized carbons (Fsp3) is 0.355. The van der Waals surface area contributed by atoms with Gasteiger partial charge in [0.2, 0.25) is 5.88 Å². The molecule has 1 aromatic heterocycles. The van der Waals surface area contributed by atoms with E-state index in [4.69, 9.17) is 25.1 Å². The number of anilines is 1. The van der Waals surface area contributed by atoms with Crippen molar-refractivity contribution in [1.82, 2.24) is 4.98 Å². The lowest BCUT2D eigenvalue weighted by atomic mass is 10.0. The van der Waals surface area contributed by atoms with Crippen LogP contribution in [0.2, 0.25) is 0 Å². The first kappa shape index (κ1) is 28.6. The van der Waals surface area contributed by atoms with Crippen LogP contribution in [0.4, 0.5) is 5.69 Å². The van der Waals surface area contributed by atoms with Crippen LogP contribution in [0.15, 0.2) is 66.7 Å². The number of methoxy groups -OCH3 is 1. The van der Waals surface area contributed by atoms with E-state index in [0.717, 1.165) is 30.6 Å². The summed E-state index contributed by atoms with van der Waals surface area (Å²) in [4.78, 5) is 15.4. The van der Waals surface area contributed by atoms with Crippen molar-refractivity contribution in [1.29, 1.82) is 0 Å². The van der Waals surface area contributed by atoms with Crippen LogP contribution in [0, 0.1) is 0 Å². The number of hydrogen-bond donors (Lipinski definition) is 2. The van der Waals surface area contributed by atoms with Gasteiger partial charge in [0.05, 0.1) is 20.1 Å². The molecule has 0 unspecified atom stereocenters. The van der Waals surface area contributed by atoms with Gasteiger partial charge in [0.1, 0.15) is 23.8 Å². The number of aromatic nitrogens is 1. The minimum atomic E-state index is -0.901. The highest BCUT2D eigenvalue weighted by Crippen LogP contribution is 2.23. The minimum Gasteiger partial charge on any atom is -0.497 e. The molecular weight excluding hydrogens is 480 g/mol. The van der Waals surface area contributed by atoms with E-state index in [2.05, 4.69) is 17.1 Å². The summed E-state index contributed by atoms with van der Waals surface area (Å²) < 4.78 is 17.0. The molecule has 0 fully saturated rings. The van der Waals surface area contributed by atoms with Crippen LogP contribution in [0.25, 0.3) is 6.08 Å². The SMILES string of the molecule is COc1ccc(CCCCCCCCOc2ccc(OCc3cccc(N)c3)nc2C=CCC(=O)O)cc1. The topological polar surface area (TPSA) is 104 Å². The first-order valence-corrected chi connectivity index (χ1v) is 13.2. The second-order valence-electron chi connectivity index (χ2n) is 9.13. The van der Waals surface area contributed by atoms with Gasteiger partial charge in [-0.15, -0.1) is 0 Å². The maximum absolute atomic E-state index is 10.9. The van der Waals surface area contributed by atoms with Crippen molar-refractivity contribution in [3.8, 4) is 17.4 Å². The summed E-state index contributed by atoms with van der Waals surface area (Å²) >= 11 is 0. The summed E-state index contributed by atoms with van der Waals surface area (Å²) in [5.41, 5.74) is 9.35. The third-order valence-corrected chi connectivity index (χ3v) is 6.04. The number of benzene rings is 2. The van der Waals surface area contributed by atoms with Gasteiger partial charge >= 0.3 is 5.97 Å². The zero-order chi connectivity index (χ0) is 27.0. The van der Waals surface area contributed by atoms with E-state index in [-0.39, 0.29) is 6.42 Å². The molecule has 38 heavy (non-hydrogen) atoms. The molecular formula is C31H38N2O5. The Morgan fingerprint density at radius 3 is 2.42 bits per heavy atom. The average Bonchev–Trinajstić information content (AvgIpc) is 2.92. The first-order valence-electron chi connectivity index (χ1n) is 13.2. The minimum absolute atomic E-state index is 0.0893. The van der Waals surface area contributed by atoms with Crippen LogP contribution < -0.4 is 19.9 Å². The van der Waals surface area contributed by atoms with Gasteiger partial charge in [-0.3, -0.25) is 4.79 Å². The van der Waals surface area contributed by atoms with Crippen LogP contribution in [0.3, 0.4) is 0 Å². The molecule has 202 valence electrons. The molecule has 0 aliphatic rings. The van der Waals surface area contributed by atoms with E-state index < -0.39 is 5.97 Å². The van der Waals surface area contributed by atoms with Gasteiger partial charge in [0.25, 0.3) is 0 Å². The molecule has 1 heterocycles. The Morgan fingerprint density at radius 1 is 0.921 bits per heavy atom. The predicted octanol–water partition coefficient (Wildman–Crippen LogP) is 6.70. The third kappa shape index (κ3) is 10.5. The zero-order valence-corrected chi connectivity index (χ0v) is 22.1. The van der Waals surface area contributed by atoms with Crippen molar-refractivity contribution in [2.24, 2.45) is 0 Å². The molecule has 0 radical (unpaired) electrons. The van der Waals surface area contributed by atoms with E-state index in [9.17, 15) is 4.79 Å². The molecule has 0 amide bonds. The molecule has 3 rings (SSSR count). The van der Waals surface area contributed by atoms with E-state index in [1.165, 1.54) is 31.2 Å². The summed E-state index contributed by atoms with van der Waals surface area (Å²) in [6.07, 6.45) is 11.1. The average molecular weight is 519 g/mol. The number of carbonyl (C=O) groups is 1. The number of unbranched alkanes of at least 4 members (excludes halogenated alkanes) is 5. The predicted molar refractivity (Wildman–Crippen MR) is 151 cm³/mol. The Labute approximate surface area is 225 Å². The molecule has 0 aliphatic carbocycles. The summed E-state index contributed by atoms with van der Waals surface area (Å²) in [7, 11) is 1.69. The molecule has 0 bridgehead atoms. The summed E-state index contributed by atoms with van der Waals surface area (Å²) in [5.74, 6) is 1.04.